The molecule has 138 valence electrons. The van der Waals surface area contributed by atoms with Crippen LogP contribution in [0, 0.1) is 11.3 Å². The number of anilines is 1. The van der Waals surface area contributed by atoms with E-state index in [4.69, 9.17) is 15.2 Å². The number of nitrogens with two attached hydrogens (primary N) is 1. The molecule has 1 atom stereocenters. The number of thioether (sulfide) groups is 1. The van der Waals surface area contributed by atoms with Crippen molar-refractivity contribution in [3.8, 4) is 17.6 Å². The first-order valence-electron chi connectivity index (χ1n) is 8.04. The first-order valence-corrected chi connectivity index (χ1v) is 8.92. The molecule has 27 heavy (non-hydrogen) atoms. The number of carbonyl (C=O) groups excluding carboxylic acids is 1. The minimum Gasteiger partial charge on any atom is -0.493 e. The molecule has 2 heterocycles. The van der Waals surface area contributed by atoms with Gasteiger partial charge in [0.1, 0.15) is 10.9 Å². The van der Waals surface area contributed by atoms with Gasteiger partial charge >= 0.3 is 0 Å². The van der Waals surface area contributed by atoms with Gasteiger partial charge in [-0.15, -0.1) is 0 Å². The van der Waals surface area contributed by atoms with Crippen LogP contribution in [0.4, 0.5) is 5.69 Å². The average Bonchev–Trinajstić information content (AvgIpc) is 3.11. The van der Waals surface area contributed by atoms with E-state index in [0.29, 0.717) is 22.7 Å². The maximum absolute atomic E-state index is 11.9. The third kappa shape index (κ3) is 3.29. The van der Waals surface area contributed by atoms with Crippen molar-refractivity contribution in [1.82, 2.24) is 4.98 Å². The fraction of sp³-hybridized carbons (Fsp3) is 0.211. The average molecular weight is 382 g/mol. The van der Waals surface area contributed by atoms with E-state index in [1.54, 1.807) is 30.6 Å². The van der Waals surface area contributed by atoms with Gasteiger partial charge in [0.2, 0.25) is 5.91 Å². The van der Waals surface area contributed by atoms with E-state index in [9.17, 15) is 10.1 Å². The Bertz CT molecular complexity index is 927. The zero-order valence-corrected chi connectivity index (χ0v) is 15.7. The Balaban J connectivity index is 2.21. The zero-order valence-electron chi connectivity index (χ0n) is 14.9. The standard InChI is InChI=1S/C19H18N4O3S/c1-25-16-8-13(11-20)15(9-17(16)26-2)23-6-7-27-19(23,10-18(21)24)14-4-3-5-22-12-14/h3-9,12H,10H2,1-2H3,(H2,21,24). The number of ether oxygens (including phenoxy) is 2. The lowest BCUT2D eigenvalue weighted by Crippen LogP contribution is -2.41. The van der Waals surface area contributed by atoms with Crippen LogP contribution in [-0.2, 0) is 9.67 Å². The molecule has 0 saturated carbocycles. The summed E-state index contributed by atoms with van der Waals surface area (Å²) in [5.41, 5.74) is 7.35. The Labute approximate surface area is 161 Å². The van der Waals surface area contributed by atoms with Gasteiger partial charge in [-0.05, 0) is 11.5 Å². The Morgan fingerprint density at radius 2 is 2.11 bits per heavy atom. The van der Waals surface area contributed by atoms with Crippen LogP contribution in [0.5, 0.6) is 11.5 Å². The molecule has 2 aromatic rings. The smallest absolute Gasteiger partial charge is 0.221 e. The highest BCUT2D eigenvalue weighted by Gasteiger charge is 2.44. The van der Waals surface area contributed by atoms with Gasteiger partial charge in [-0.2, -0.15) is 5.26 Å². The zero-order chi connectivity index (χ0) is 19.4. The molecule has 7 nitrogen and oxygen atoms in total. The number of hydrogen-bond donors (Lipinski definition) is 1. The molecule has 0 aliphatic carbocycles. The fourth-order valence-electron chi connectivity index (χ4n) is 3.08. The minimum absolute atomic E-state index is 0.0373. The Hall–Kier alpha value is -3.18. The van der Waals surface area contributed by atoms with Crippen molar-refractivity contribution in [2.45, 2.75) is 11.3 Å². The molecule has 1 aromatic carbocycles. The minimum atomic E-state index is -0.842. The third-order valence-corrected chi connectivity index (χ3v) is 5.49. The summed E-state index contributed by atoms with van der Waals surface area (Å²) in [5.74, 6) is 0.477. The Morgan fingerprint density at radius 3 is 2.70 bits per heavy atom. The van der Waals surface area contributed by atoms with Gasteiger partial charge in [0.25, 0.3) is 0 Å². The maximum Gasteiger partial charge on any atom is 0.221 e. The van der Waals surface area contributed by atoms with Gasteiger partial charge in [0.05, 0.1) is 31.9 Å². The van der Waals surface area contributed by atoms with Gasteiger partial charge < -0.3 is 20.1 Å². The van der Waals surface area contributed by atoms with E-state index < -0.39 is 10.8 Å². The third-order valence-electron chi connectivity index (χ3n) is 4.27. The number of primary amides is 1. The number of rotatable bonds is 6. The van der Waals surface area contributed by atoms with Crippen molar-refractivity contribution in [2.24, 2.45) is 5.73 Å². The summed E-state index contributed by atoms with van der Waals surface area (Å²) in [6, 6.07) is 9.21. The summed E-state index contributed by atoms with van der Waals surface area (Å²) in [7, 11) is 3.04. The van der Waals surface area contributed by atoms with Crippen LogP contribution in [0.2, 0.25) is 0 Å². The fourth-order valence-corrected chi connectivity index (χ4v) is 4.24. The number of amides is 1. The molecule has 1 aliphatic rings. The van der Waals surface area contributed by atoms with E-state index in [0.717, 1.165) is 5.56 Å². The predicted octanol–water partition coefficient (Wildman–Crippen LogP) is 2.72. The highest BCUT2D eigenvalue weighted by molar-refractivity contribution is 8.03. The molecule has 0 spiro atoms. The first kappa shape index (κ1) is 18.6. The summed E-state index contributed by atoms with van der Waals surface area (Å²) < 4.78 is 10.7. The van der Waals surface area contributed by atoms with Crippen LogP contribution in [0.25, 0.3) is 0 Å². The number of aromatic nitrogens is 1. The van der Waals surface area contributed by atoms with Gasteiger partial charge in [0, 0.05) is 36.3 Å². The number of hydrogen-bond acceptors (Lipinski definition) is 7. The molecule has 1 aromatic heterocycles. The van der Waals surface area contributed by atoms with Crippen molar-refractivity contribution in [3.05, 3.63) is 59.4 Å². The molecule has 0 radical (unpaired) electrons. The highest BCUT2D eigenvalue weighted by Crippen LogP contribution is 2.51. The SMILES string of the molecule is COc1cc(C#N)c(N2C=CSC2(CC(N)=O)c2cccnc2)cc1OC. The second-order valence-corrected chi connectivity index (χ2v) is 6.96. The predicted molar refractivity (Wildman–Crippen MR) is 103 cm³/mol. The second kappa shape index (κ2) is 7.60. The number of nitriles is 1. The molecule has 1 unspecified atom stereocenters. The second-order valence-electron chi connectivity index (χ2n) is 5.78. The molecular formula is C19H18N4O3S. The summed E-state index contributed by atoms with van der Waals surface area (Å²) in [4.78, 5) is 17.1. The summed E-state index contributed by atoms with van der Waals surface area (Å²) in [5, 5.41) is 11.5. The number of nitrogens with zero attached hydrogens (tertiary/aromatic N) is 3. The first-order chi connectivity index (χ1) is 13.1. The highest BCUT2D eigenvalue weighted by atomic mass is 32.2. The molecule has 0 bridgehead atoms. The lowest BCUT2D eigenvalue weighted by Gasteiger charge is -2.38. The lowest BCUT2D eigenvalue weighted by atomic mass is 10.0. The van der Waals surface area contributed by atoms with E-state index >= 15 is 0 Å². The van der Waals surface area contributed by atoms with Crippen molar-refractivity contribution in [1.29, 1.82) is 5.26 Å². The van der Waals surface area contributed by atoms with Crippen LogP contribution in [0.1, 0.15) is 17.5 Å². The van der Waals surface area contributed by atoms with Gasteiger partial charge in [-0.3, -0.25) is 9.78 Å². The Kier molecular flexibility index (Phi) is 5.23. The van der Waals surface area contributed by atoms with Crippen molar-refractivity contribution in [3.63, 3.8) is 0 Å². The topological polar surface area (TPSA) is 101 Å². The number of methoxy groups -OCH3 is 2. The van der Waals surface area contributed by atoms with Crippen molar-refractivity contribution >= 4 is 23.4 Å². The molecule has 8 heteroatoms. The van der Waals surface area contributed by atoms with Crippen molar-refractivity contribution in [2.75, 3.05) is 19.1 Å². The van der Waals surface area contributed by atoms with Gasteiger partial charge in [-0.1, -0.05) is 17.8 Å². The summed E-state index contributed by atoms with van der Waals surface area (Å²) in [6.45, 7) is 0. The summed E-state index contributed by atoms with van der Waals surface area (Å²) in [6.07, 6.45) is 5.22. The number of benzene rings is 1. The van der Waals surface area contributed by atoms with Gasteiger partial charge in [0.15, 0.2) is 11.5 Å². The van der Waals surface area contributed by atoms with Gasteiger partial charge in [-0.25, -0.2) is 0 Å². The van der Waals surface area contributed by atoms with E-state index in [-0.39, 0.29) is 6.42 Å². The number of pyridine rings is 1. The molecule has 2 N–H and O–H groups in total. The van der Waals surface area contributed by atoms with E-state index in [2.05, 4.69) is 11.1 Å². The summed E-state index contributed by atoms with van der Waals surface area (Å²) >= 11 is 1.44. The number of carbonyl (C=O) groups is 1. The van der Waals surface area contributed by atoms with Crippen LogP contribution >= 0.6 is 11.8 Å². The molecule has 1 amide bonds. The molecular weight excluding hydrogens is 364 g/mol. The van der Waals surface area contributed by atoms with Crippen LogP contribution in [-0.4, -0.2) is 25.1 Å². The molecule has 0 fully saturated rings. The van der Waals surface area contributed by atoms with Crippen LogP contribution in [0.15, 0.2) is 48.3 Å². The quantitative estimate of drug-likeness (QED) is 0.819. The molecule has 3 rings (SSSR count). The van der Waals surface area contributed by atoms with Crippen LogP contribution < -0.4 is 20.1 Å². The maximum atomic E-state index is 11.9. The molecule has 0 saturated heterocycles. The normalized spacial score (nSPS) is 18.2. The molecule has 1 aliphatic heterocycles. The Morgan fingerprint density at radius 1 is 1.37 bits per heavy atom. The lowest BCUT2D eigenvalue weighted by molar-refractivity contribution is -0.118. The van der Waals surface area contributed by atoms with Crippen molar-refractivity contribution < 1.29 is 14.3 Å². The van der Waals surface area contributed by atoms with E-state index in [1.165, 1.54) is 26.0 Å². The monoisotopic (exact) mass is 382 g/mol. The van der Waals surface area contributed by atoms with Crippen LogP contribution in [0.3, 0.4) is 0 Å². The van der Waals surface area contributed by atoms with E-state index in [1.807, 2.05) is 22.6 Å². The largest absolute Gasteiger partial charge is 0.493 e.